The second-order valence-electron chi connectivity index (χ2n) is 8.19. The molecular formula is C25H24F3N7O3. The molecule has 198 valence electrons. The van der Waals surface area contributed by atoms with Crippen molar-refractivity contribution in [3.8, 4) is 22.8 Å². The monoisotopic (exact) mass is 527 g/mol. The largest absolute Gasteiger partial charge is 0.488 e. The van der Waals surface area contributed by atoms with Gasteiger partial charge in [0.05, 0.1) is 41.8 Å². The van der Waals surface area contributed by atoms with Crippen LogP contribution in [0.5, 0.6) is 5.75 Å². The van der Waals surface area contributed by atoms with Crippen LogP contribution in [0.1, 0.15) is 30.8 Å². The van der Waals surface area contributed by atoms with Crippen LogP contribution in [0.4, 0.5) is 29.3 Å². The normalized spacial score (nSPS) is 11.3. The van der Waals surface area contributed by atoms with Crippen LogP contribution in [-0.4, -0.2) is 37.1 Å². The van der Waals surface area contributed by atoms with Crippen LogP contribution in [0.2, 0.25) is 0 Å². The minimum atomic E-state index is -4.62. The number of aromatic nitrogens is 5. The zero-order chi connectivity index (χ0) is 27.4. The lowest BCUT2D eigenvalue weighted by molar-refractivity contribution is -0.137. The maximum atomic E-state index is 13.5. The van der Waals surface area contributed by atoms with Crippen molar-refractivity contribution in [2.75, 3.05) is 17.2 Å². The standard InChI is InChI=1S/C25H24F3N7O3/c1-4-19-20(11-29-22(33-19)15-6-21(38-5-2)23(36)30-10-15)34-24(37)32-17-7-16(25(26,27)28)8-18(9-17)35-12-14(3)31-13-35/h6-13H,4-5H2,1-3H3,(H,30,36)(H2,32,34,37). The third-order valence-electron chi connectivity index (χ3n) is 5.39. The summed E-state index contributed by atoms with van der Waals surface area (Å²) in [5.41, 5.74) is 0.698. The van der Waals surface area contributed by atoms with Crippen molar-refractivity contribution >= 4 is 17.4 Å². The zero-order valence-electron chi connectivity index (χ0n) is 20.7. The van der Waals surface area contributed by atoms with Crippen molar-refractivity contribution in [2.45, 2.75) is 33.4 Å². The van der Waals surface area contributed by atoms with E-state index in [4.69, 9.17) is 4.74 Å². The average molecular weight is 528 g/mol. The molecule has 0 aliphatic rings. The number of anilines is 2. The van der Waals surface area contributed by atoms with Gasteiger partial charge in [-0.15, -0.1) is 0 Å². The van der Waals surface area contributed by atoms with E-state index in [1.54, 1.807) is 20.0 Å². The first kappa shape index (κ1) is 26.4. The number of ether oxygens (including phenoxy) is 1. The molecule has 4 aromatic rings. The van der Waals surface area contributed by atoms with Gasteiger partial charge in [0.25, 0.3) is 5.56 Å². The Bertz CT molecular complexity index is 1530. The van der Waals surface area contributed by atoms with E-state index in [-0.39, 0.29) is 28.4 Å². The molecule has 38 heavy (non-hydrogen) atoms. The maximum absolute atomic E-state index is 13.5. The first-order valence-electron chi connectivity index (χ1n) is 11.6. The second kappa shape index (κ2) is 10.7. The summed E-state index contributed by atoms with van der Waals surface area (Å²) < 4.78 is 47.3. The number of imidazole rings is 1. The Morgan fingerprint density at radius 3 is 2.58 bits per heavy atom. The fraction of sp³-hybridized carbons (Fsp3) is 0.240. The SMILES string of the molecule is CCOc1cc(-c2ncc(NC(=O)Nc3cc(-n4cnc(C)c4)cc(C(F)(F)F)c3)c(CC)n2)c[nH]c1=O. The van der Waals surface area contributed by atoms with Crippen LogP contribution in [0, 0.1) is 6.92 Å². The molecule has 0 aliphatic carbocycles. The number of halogens is 3. The molecule has 0 radical (unpaired) electrons. The molecule has 4 rings (SSSR count). The highest BCUT2D eigenvalue weighted by Gasteiger charge is 2.31. The Hall–Kier alpha value is -4.68. The van der Waals surface area contributed by atoms with Crippen molar-refractivity contribution in [2.24, 2.45) is 0 Å². The van der Waals surface area contributed by atoms with Crippen LogP contribution < -0.4 is 20.9 Å². The number of amides is 2. The van der Waals surface area contributed by atoms with Gasteiger partial charge in [0, 0.05) is 29.3 Å². The number of nitrogens with one attached hydrogen (secondary N) is 3. The lowest BCUT2D eigenvalue weighted by Gasteiger charge is -2.15. The molecule has 3 heterocycles. The van der Waals surface area contributed by atoms with Gasteiger partial charge in [-0.25, -0.2) is 19.7 Å². The van der Waals surface area contributed by atoms with Gasteiger partial charge < -0.3 is 24.9 Å². The van der Waals surface area contributed by atoms with Crippen molar-refractivity contribution in [1.29, 1.82) is 0 Å². The number of carbonyl (C=O) groups excluding carboxylic acids is 1. The number of carbonyl (C=O) groups is 1. The minimum Gasteiger partial charge on any atom is -0.488 e. The highest BCUT2D eigenvalue weighted by molar-refractivity contribution is 6.00. The number of alkyl halides is 3. The third-order valence-corrected chi connectivity index (χ3v) is 5.39. The number of hydrogen-bond acceptors (Lipinski definition) is 6. The molecule has 0 atom stereocenters. The zero-order valence-corrected chi connectivity index (χ0v) is 20.7. The first-order chi connectivity index (χ1) is 18.1. The molecule has 1 aromatic carbocycles. The molecule has 2 amide bonds. The van der Waals surface area contributed by atoms with E-state index in [1.165, 1.54) is 35.4 Å². The molecule has 3 aromatic heterocycles. The molecule has 0 saturated heterocycles. The minimum absolute atomic E-state index is 0.0639. The van der Waals surface area contributed by atoms with Crippen molar-refractivity contribution in [1.82, 2.24) is 24.5 Å². The summed E-state index contributed by atoms with van der Waals surface area (Å²) in [5, 5.41) is 5.04. The number of H-pyrrole nitrogens is 1. The number of aromatic amines is 1. The van der Waals surface area contributed by atoms with Gasteiger partial charge in [-0.2, -0.15) is 13.2 Å². The smallest absolute Gasteiger partial charge is 0.416 e. The van der Waals surface area contributed by atoms with Gasteiger partial charge >= 0.3 is 12.2 Å². The summed E-state index contributed by atoms with van der Waals surface area (Å²) in [6.07, 6.45) is 1.60. The van der Waals surface area contributed by atoms with E-state index in [9.17, 15) is 22.8 Å². The van der Waals surface area contributed by atoms with Gasteiger partial charge in [0.2, 0.25) is 0 Å². The molecule has 0 unspecified atom stereocenters. The van der Waals surface area contributed by atoms with Gasteiger partial charge in [-0.05, 0) is 44.5 Å². The fourth-order valence-corrected chi connectivity index (χ4v) is 3.63. The highest BCUT2D eigenvalue weighted by atomic mass is 19.4. The Morgan fingerprint density at radius 2 is 1.92 bits per heavy atom. The number of aryl methyl sites for hydroxylation is 2. The van der Waals surface area contributed by atoms with Gasteiger partial charge in [-0.3, -0.25) is 4.79 Å². The van der Waals surface area contributed by atoms with Crippen LogP contribution in [0.15, 0.2) is 54.0 Å². The predicted octanol–water partition coefficient (Wildman–Crippen LogP) is 4.95. The van der Waals surface area contributed by atoms with E-state index < -0.39 is 17.8 Å². The molecular weight excluding hydrogens is 503 g/mol. The first-order valence-corrected chi connectivity index (χ1v) is 11.6. The van der Waals surface area contributed by atoms with Gasteiger partial charge in [-0.1, -0.05) is 6.92 Å². The number of nitrogens with zero attached hydrogens (tertiary/aromatic N) is 4. The number of urea groups is 1. The number of pyridine rings is 1. The topological polar surface area (TPSA) is 127 Å². The third kappa shape index (κ3) is 5.99. The molecule has 3 N–H and O–H groups in total. The summed E-state index contributed by atoms with van der Waals surface area (Å²) in [4.78, 5) is 40.0. The van der Waals surface area contributed by atoms with Crippen LogP contribution in [0.3, 0.4) is 0 Å². The molecule has 0 aliphatic heterocycles. The number of benzene rings is 1. The Labute approximate surface area is 214 Å². The van der Waals surface area contributed by atoms with E-state index in [0.29, 0.717) is 35.8 Å². The fourth-order valence-electron chi connectivity index (χ4n) is 3.63. The Balaban J connectivity index is 1.58. The Morgan fingerprint density at radius 1 is 1.13 bits per heavy atom. The van der Waals surface area contributed by atoms with Gasteiger partial charge in [0.1, 0.15) is 0 Å². The molecule has 0 bridgehead atoms. The second-order valence-corrected chi connectivity index (χ2v) is 8.19. The van der Waals surface area contributed by atoms with E-state index >= 15 is 0 Å². The molecule has 13 heteroatoms. The average Bonchev–Trinajstić information content (AvgIpc) is 3.31. The molecule has 0 fully saturated rings. The van der Waals surface area contributed by atoms with Crippen LogP contribution in [0.25, 0.3) is 17.1 Å². The van der Waals surface area contributed by atoms with Crippen molar-refractivity contribution in [3.63, 3.8) is 0 Å². The summed E-state index contributed by atoms with van der Waals surface area (Å²) in [6.45, 7) is 5.59. The quantitative estimate of drug-likeness (QED) is 0.312. The molecule has 0 saturated carbocycles. The lowest BCUT2D eigenvalue weighted by Crippen LogP contribution is -2.21. The number of rotatable bonds is 7. The van der Waals surface area contributed by atoms with Crippen LogP contribution in [-0.2, 0) is 12.6 Å². The number of hydrogen-bond donors (Lipinski definition) is 3. The summed E-state index contributed by atoms with van der Waals surface area (Å²) in [6, 6.07) is 3.97. The van der Waals surface area contributed by atoms with Crippen molar-refractivity contribution in [3.05, 3.63) is 76.5 Å². The molecule has 10 nitrogen and oxygen atoms in total. The summed E-state index contributed by atoms with van der Waals surface area (Å²) >= 11 is 0. The van der Waals surface area contributed by atoms with Gasteiger partial charge in [0.15, 0.2) is 11.6 Å². The van der Waals surface area contributed by atoms with E-state index in [2.05, 4.69) is 30.6 Å². The lowest BCUT2D eigenvalue weighted by atomic mass is 10.1. The summed E-state index contributed by atoms with van der Waals surface area (Å²) in [5.74, 6) is 0.419. The highest BCUT2D eigenvalue weighted by Crippen LogP contribution is 2.33. The van der Waals surface area contributed by atoms with E-state index in [0.717, 1.165) is 12.1 Å². The van der Waals surface area contributed by atoms with Crippen LogP contribution >= 0.6 is 0 Å². The maximum Gasteiger partial charge on any atom is 0.416 e. The predicted molar refractivity (Wildman–Crippen MR) is 135 cm³/mol. The van der Waals surface area contributed by atoms with Crippen molar-refractivity contribution < 1.29 is 22.7 Å². The Kier molecular flexibility index (Phi) is 7.46. The molecule has 0 spiro atoms. The summed E-state index contributed by atoms with van der Waals surface area (Å²) in [7, 11) is 0. The van der Waals surface area contributed by atoms with E-state index in [1.807, 2.05) is 6.92 Å².